The van der Waals surface area contributed by atoms with Gasteiger partial charge in [-0.25, -0.2) is 0 Å². The molecule has 0 saturated heterocycles. The number of nitriles is 1. The molecule has 0 aromatic heterocycles. The number of phenolic OH excluding ortho intramolecular Hbond substituents is 1. The third-order valence-electron chi connectivity index (χ3n) is 2.01. The summed E-state index contributed by atoms with van der Waals surface area (Å²) in [4.78, 5) is 11.6. The van der Waals surface area contributed by atoms with Gasteiger partial charge in [-0.3, -0.25) is 4.79 Å². The number of carbonyl (C=O) groups is 1. The zero-order valence-corrected chi connectivity index (χ0v) is 9.32. The maximum atomic E-state index is 11.6. The summed E-state index contributed by atoms with van der Waals surface area (Å²) >= 11 is 0. The molecular formula is C12H14N2O2. The van der Waals surface area contributed by atoms with Crippen molar-refractivity contribution in [1.82, 2.24) is 5.32 Å². The lowest BCUT2D eigenvalue weighted by atomic mass is 10.1. The molecule has 2 N–H and O–H groups in total. The summed E-state index contributed by atoms with van der Waals surface area (Å²) in [5.74, 6) is -0.109. The first-order valence-electron chi connectivity index (χ1n) is 4.93. The van der Waals surface area contributed by atoms with Crippen LogP contribution in [0.3, 0.4) is 0 Å². The van der Waals surface area contributed by atoms with Gasteiger partial charge in [0.05, 0.1) is 12.5 Å². The third-order valence-corrected chi connectivity index (χ3v) is 2.01. The minimum absolute atomic E-state index is 0.129. The highest BCUT2D eigenvalue weighted by atomic mass is 16.3. The minimum Gasteiger partial charge on any atom is -0.508 e. The van der Waals surface area contributed by atoms with E-state index in [1.807, 2.05) is 6.07 Å². The molecule has 1 rings (SSSR count). The molecule has 4 nitrogen and oxygen atoms in total. The van der Waals surface area contributed by atoms with Crippen LogP contribution < -0.4 is 5.32 Å². The predicted molar refractivity (Wildman–Crippen MR) is 59.6 cm³/mol. The fourth-order valence-corrected chi connectivity index (χ4v) is 1.27. The molecule has 1 aromatic rings. The monoisotopic (exact) mass is 218 g/mol. The van der Waals surface area contributed by atoms with E-state index >= 15 is 0 Å². The molecule has 1 amide bonds. The first kappa shape index (κ1) is 12.1. The van der Waals surface area contributed by atoms with E-state index in [1.165, 1.54) is 6.07 Å². The average molecular weight is 218 g/mol. The summed E-state index contributed by atoms with van der Waals surface area (Å²) < 4.78 is 0. The van der Waals surface area contributed by atoms with Crippen LogP contribution in [0.25, 0.3) is 0 Å². The Kier molecular flexibility index (Phi) is 3.51. The Bertz CT molecular complexity index is 433. The Morgan fingerprint density at radius 3 is 2.81 bits per heavy atom. The van der Waals surface area contributed by atoms with Gasteiger partial charge in [0, 0.05) is 0 Å². The second-order valence-corrected chi connectivity index (χ2v) is 4.13. The number of nitrogens with zero attached hydrogens (tertiary/aromatic N) is 1. The van der Waals surface area contributed by atoms with Gasteiger partial charge in [-0.15, -0.1) is 0 Å². The highest BCUT2D eigenvalue weighted by molar-refractivity contribution is 5.79. The number of aromatic hydroxyl groups is 1. The van der Waals surface area contributed by atoms with Gasteiger partial charge in [-0.05, 0) is 31.5 Å². The predicted octanol–water partition coefficient (Wildman–Crippen LogP) is 1.35. The molecular weight excluding hydrogens is 204 g/mol. The SMILES string of the molecule is CC(C)(C#N)NC(=O)Cc1cccc(O)c1. The van der Waals surface area contributed by atoms with Crippen LogP contribution in [0.1, 0.15) is 19.4 Å². The number of amides is 1. The highest BCUT2D eigenvalue weighted by Gasteiger charge is 2.19. The molecule has 0 saturated carbocycles. The van der Waals surface area contributed by atoms with Gasteiger partial charge in [0.1, 0.15) is 11.3 Å². The molecule has 16 heavy (non-hydrogen) atoms. The summed E-state index contributed by atoms with van der Waals surface area (Å²) in [6, 6.07) is 8.48. The Labute approximate surface area is 94.5 Å². The topological polar surface area (TPSA) is 73.1 Å². The number of carbonyl (C=O) groups excluding carboxylic acids is 1. The normalized spacial score (nSPS) is 10.6. The van der Waals surface area contributed by atoms with E-state index in [-0.39, 0.29) is 18.1 Å². The lowest BCUT2D eigenvalue weighted by molar-refractivity contribution is -0.121. The standard InChI is InChI=1S/C12H14N2O2/c1-12(2,8-13)14-11(16)7-9-4-3-5-10(15)6-9/h3-6,15H,7H2,1-2H3,(H,14,16). The molecule has 0 aliphatic heterocycles. The van der Waals surface area contributed by atoms with Crippen LogP contribution >= 0.6 is 0 Å². The largest absolute Gasteiger partial charge is 0.508 e. The summed E-state index contributed by atoms with van der Waals surface area (Å²) in [5.41, 5.74) is -0.153. The summed E-state index contributed by atoms with van der Waals surface area (Å²) in [6.45, 7) is 3.26. The van der Waals surface area contributed by atoms with Gasteiger partial charge in [-0.2, -0.15) is 5.26 Å². The van der Waals surface area contributed by atoms with Crippen molar-refractivity contribution in [3.05, 3.63) is 29.8 Å². The Morgan fingerprint density at radius 2 is 2.25 bits per heavy atom. The maximum absolute atomic E-state index is 11.6. The molecule has 0 bridgehead atoms. The lowest BCUT2D eigenvalue weighted by Gasteiger charge is -2.17. The van der Waals surface area contributed by atoms with Crippen molar-refractivity contribution < 1.29 is 9.90 Å². The van der Waals surface area contributed by atoms with Gasteiger partial charge in [0.25, 0.3) is 0 Å². The highest BCUT2D eigenvalue weighted by Crippen LogP contribution is 2.11. The summed E-state index contributed by atoms with van der Waals surface area (Å²) in [6.07, 6.45) is 0.152. The molecule has 4 heteroatoms. The van der Waals surface area contributed by atoms with Gasteiger partial charge in [0.15, 0.2) is 0 Å². The van der Waals surface area contributed by atoms with E-state index < -0.39 is 5.54 Å². The van der Waals surface area contributed by atoms with Crippen molar-refractivity contribution in [1.29, 1.82) is 5.26 Å². The molecule has 0 atom stereocenters. The van der Waals surface area contributed by atoms with Crippen molar-refractivity contribution in [2.24, 2.45) is 0 Å². The molecule has 0 heterocycles. The van der Waals surface area contributed by atoms with Crippen LogP contribution in [0.2, 0.25) is 0 Å². The van der Waals surface area contributed by atoms with E-state index in [2.05, 4.69) is 5.32 Å². The van der Waals surface area contributed by atoms with Crippen molar-refractivity contribution >= 4 is 5.91 Å². The number of benzene rings is 1. The second kappa shape index (κ2) is 4.67. The summed E-state index contributed by atoms with van der Waals surface area (Å²) in [7, 11) is 0. The fraction of sp³-hybridized carbons (Fsp3) is 0.333. The van der Waals surface area contributed by atoms with Gasteiger partial charge < -0.3 is 10.4 Å². The van der Waals surface area contributed by atoms with Crippen LogP contribution in [-0.2, 0) is 11.2 Å². The third kappa shape index (κ3) is 3.62. The van der Waals surface area contributed by atoms with Crippen LogP contribution in [-0.4, -0.2) is 16.6 Å². The molecule has 0 aliphatic rings. The van der Waals surface area contributed by atoms with Crippen molar-refractivity contribution in [2.75, 3.05) is 0 Å². The minimum atomic E-state index is -0.867. The Morgan fingerprint density at radius 1 is 1.56 bits per heavy atom. The zero-order valence-electron chi connectivity index (χ0n) is 9.32. The smallest absolute Gasteiger partial charge is 0.225 e. The Hall–Kier alpha value is -2.02. The molecule has 0 unspecified atom stereocenters. The number of hydrogen-bond donors (Lipinski definition) is 2. The van der Waals surface area contributed by atoms with E-state index in [9.17, 15) is 9.90 Å². The van der Waals surface area contributed by atoms with Crippen molar-refractivity contribution in [3.8, 4) is 11.8 Å². The lowest BCUT2D eigenvalue weighted by Crippen LogP contribution is -2.42. The number of nitrogens with one attached hydrogen (secondary N) is 1. The molecule has 84 valence electrons. The molecule has 0 spiro atoms. The number of phenols is 1. The molecule has 0 aliphatic carbocycles. The van der Waals surface area contributed by atoms with Gasteiger partial charge in [0.2, 0.25) is 5.91 Å². The van der Waals surface area contributed by atoms with Crippen molar-refractivity contribution in [2.45, 2.75) is 25.8 Å². The van der Waals surface area contributed by atoms with Gasteiger partial charge >= 0.3 is 0 Å². The van der Waals surface area contributed by atoms with Crippen molar-refractivity contribution in [3.63, 3.8) is 0 Å². The second-order valence-electron chi connectivity index (χ2n) is 4.13. The quantitative estimate of drug-likeness (QED) is 0.804. The number of rotatable bonds is 3. The van der Waals surface area contributed by atoms with Crippen LogP contribution in [0.5, 0.6) is 5.75 Å². The van der Waals surface area contributed by atoms with E-state index in [1.54, 1.807) is 32.0 Å². The zero-order chi connectivity index (χ0) is 12.2. The maximum Gasteiger partial charge on any atom is 0.225 e. The number of hydrogen-bond acceptors (Lipinski definition) is 3. The molecule has 0 fully saturated rings. The first-order chi connectivity index (χ1) is 7.43. The molecule has 0 radical (unpaired) electrons. The van der Waals surface area contributed by atoms with E-state index in [4.69, 9.17) is 5.26 Å². The Balaban J connectivity index is 2.63. The van der Waals surface area contributed by atoms with E-state index in [0.717, 1.165) is 0 Å². The van der Waals surface area contributed by atoms with Crippen LogP contribution in [0.4, 0.5) is 0 Å². The summed E-state index contributed by atoms with van der Waals surface area (Å²) in [5, 5.41) is 20.6. The van der Waals surface area contributed by atoms with E-state index in [0.29, 0.717) is 5.56 Å². The molecule has 1 aromatic carbocycles. The van der Waals surface area contributed by atoms with Crippen LogP contribution in [0, 0.1) is 11.3 Å². The van der Waals surface area contributed by atoms with Gasteiger partial charge in [-0.1, -0.05) is 12.1 Å². The average Bonchev–Trinajstić information content (AvgIpc) is 2.16. The first-order valence-corrected chi connectivity index (χ1v) is 4.93. The van der Waals surface area contributed by atoms with Crippen LogP contribution in [0.15, 0.2) is 24.3 Å². The fourth-order valence-electron chi connectivity index (χ4n) is 1.27.